The van der Waals surface area contributed by atoms with Crippen molar-refractivity contribution in [2.75, 3.05) is 33.4 Å². The summed E-state index contributed by atoms with van der Waals surface area (Å²) >= 11 is 0. The molecule has 2 heterocycles. The maximum Gasteiger partial charge on any atom is 0.253 e. The smallest absolute Gasteiger partial charge is 0.253 e. The van der Waals surface area contributed by atoms with Crippen LogP contribution in [0.1, 0.15) is 29.2 Å². The standard InChI is InChI=1S/C17H22N4O3/c1-23-9-10-24-16-6-4-14(5-7-16)17(22)20-8-2-3-15(11-20)21-13-18-12-19-21/h4-7,12-13,15H,2-3,8-11H2,1H3. The van der Waals surface area contributed by atoms with Crippen LogP contribution in [-0.4, -0.2) is 59.0 Å². The molecule has 7 nitrogen and oxygen atoms in total. The van der Waals surface area contributed by atoms with Gasteiger partial charge < -0.3 is 14.4 Å². The van der Waals surface area contributed by atoms with Gasteiger partial charge in [-0.15, -0.1) is 0 Å². The fourth-order valence-corrected chi connectivity index (χ4v) is 2.88. The highest BCUT2D eigenvalue weighted by molar-refractivity contribution is 5.94. The normalized spacial score (nSPS) is 17.7. The van der Waals surface area contributed by atoms with Crippen LogP contribution in [-0.2, 0) is 4.74 Å². The number of rotatable bonds is 6. The van der Waals surface area contributed by atoms with Gasteiger partial charge in [0, 0.05) is 25.8 Å². The van der Waals surface area contributed by atoms with Crippen molar-refractivity contribution in [2.24, 2.45) is 0 Å². The zero-order valence-corrected chi connectivity index (χ0v) is 13.8. The van der Waals surface area contributed by atoms with Crippen molar-refractivity contribution < 1.29 is 14.3 Å². The van der Waals surface area contributed by atoms with E-state index >= 15 is 0 Å². The van der Waals surface area contributed by atoms with E-state index in [0.717, 1.165) is 25.1 Å². The third-order valence-corrected chi connectivity index (χ3v) is 4.15. The predicted molar refractivity (Wildman–Crippen MR) is 88.0 cm³/mol. The number of nitrogens with zero attached hydrogens (tertiary/aromatic N) is 4. The van der Waals surface area contributed by atoms with E-state index in [0.29, 0.717) is 25.3 Å². The van der Waals surface area contributed by atoms with Crippen molar-refractivity contribution in [3.05, 3.63) is 42.5 Å². The van der Waals surface area contributed by atoms with Gasteiger partial charge in [0.2, 0.25) is 0 Å². The number of hydrogen-bond donors (Lipinski definition) is 0. The lowest BCUT2D eigenvalue weighted by Crippen LogP contribution is -2.40. The fraction of sp³-hybridized carbons (Fsp3) is 0.471. The van der Waals surface area contributed by atoms with Crippen LogP contribution < -0.4 is 4.74 Å². The molecule has 24 heavy (non-hydrogen) atoms. The van der Waals surface area contributed by atoms with Crippen molar-refractivity contribution in [1.82, 2.24) is 19.7 Å². The van der Waals surface area contributed by atoms with Gasteiger partial charge in [0.25, 0.3) is 5.91 Å². The molecular weight excluding hydrogens is 308 g/mol. The van der Waals surface area contributed by atoms with E-state index < -0.39 is 0 Å². The van der Waals surface area contributed by atoms with Gasteiger partial charge in [-0.3, -0.25) is 4.79 Å². The largest absolute Gasteiger partial charge is 0.491 e. The van der Waals surface area contributed by atoms with Crippen molar-refractivity contribution >= 4 is 5.91 Å². The molecule has 0 aliphatic carbocycles. The van der Waals surface area contributed by atoms with Gasteiger partial charge in [-0.2, -0.15) is 5.10 Å². The zero-order valence-electron chi connectivity index (χ0n) is 13.8. The van der Waals surface area contributed by atoms with Crippen LogP contribution in [0.2, 0.25) is 0 Å². The second kappa shape index (κ2) is 7.92. The lowest BCUT2D eigenvalue weighted by Gasteiger charge is -2.32. The van der Waals surface area contributed by atoms with Gasteiger partial charge in [-0.1, -0.05) is 0 Å². The molecule has 1 amide bonds. The van der Waals surface area contributed by atoms with E-state index in [1.165, 1.54) is 6.33 Å². The van der Waals surface area contributed by atoms with E-state index in [9.17, 15) is 4.79 Å². The molecule has 1 atom stereocenters. The number of likely N-dealkylation sites (tertiary alicyclic amines) is 1. The minimum atomic E-state index is 0.0447. The minimum absolute atomic E-state index is 0.0447. The molecule has 1 unspecified atom stereocenters. The topological polar surface area (TPSA) is 69.5 Å². The summed E-state index contributed by atoms with van der Waals surface area (Å²) in [5.41, 5.74) is 0.674. The Bertz CT molecular complexity index is 642. The summed E-state index contributed by atoms with van der Waals surface area (Å²) in [7, 11) is 1.64. The highest BCUT2D eigenvalue weighted by Crippen LogP contribution is 2.22. The third-order valence-electron chi connectivity index (χ3n) is 4.15. The van der Waals surface area contributed by atoms with Gasteiger partial charge >= 0.3 is 0 Å². The first kappa shape index (κ1) is 16.4. The predicted octanol–water partition coefficient (Wildman–Crippen LogP) is 1.78. The van der Waals surface area contributed by atoms with Crippen molar-refractivity contribution in [3.63, 3.8) is 0 Å². The summed E-state index contributed by atoms with van der Waals surface area (Å²) in [5.74, 6) is 0.783. The van der Waals surface area contributed by atoms with Gasteiger partial charge in [0.15, 0.2) is 0 Å². The average Bonchev–Trinajstić information content (AvgIpc) is 3.17. The highest BCUT2D eigenvalue weighted by Gasteiger charge is 2.25. The maximum absolute atomic E-state index is 12.7. The van der Waals surface area contributed by atoms with Crippen molar-refractivity contribution in [3.8, 4) is 5.75 Å². The number of piperidine rings is 1. The van der Waals surface area contributed by atoms with E-state index in [-0.39, 0.29) is 11.9 Å². The summed E-state index contributed by atoms with van der Waals surface area (Å²) in [6.07, 6.45) is 5.22. The van der Waals surface area contributed by atoms with Gasteiger partial charge in [-0.25, -0.2) is 9.67 Å². The lowest BCUT2D eigenvalue weighted by atomic mass is 10.0. The SMILES string of the molecule is COCCOc1ccc(C(=O)N2CCCC(n3cncn3)C2)cc1. The molecule has 1 saturated heterocycles. The number of carbonyl (C=O) groups is 1. The van der Waals surface area contributed by atoms with Crippen LogP contribution in [0.5, 0.6) is 5.75 Å². The van der Waals surface area contributed by atoms with E-state index in [1.807, 2.05) is 33.8 Å². The molecule has 1 aliphatic heterocycles. The second-order valence-corrected chi connectivity index (χ2v) is 5.79. The molecule has 0 saturated carbocycles. The number of hydrogen-bond acceptors (Lipinski definition) is 5. The van der Waals surface area contributed by atoms with E-state index in [1.54, 1.807) is 13.4 Å². The Hall–Kier alpha value is -2.41. The average molecular weight is 330 g/mol. The monoisotopic (exact) mass is 330 g/mol. The van der Waals surface area contributed by atoms with Crippen molar-refractivity contribution in [1.29, 1.82) is 0 Å². The van der Waals surface area contributed by atoms with E-state index in [2.05, 4.69) is 10.1 Å². The van der Waals surface area contributed by atoms with Crippen molar-refractivity contribution in [2.45, 2.75) is 18.9 Å². The lowest BCUT2D eigenvalue weighted by molar-refractivity contribution is 0.0672. The van der Waals surface area contributed by atoms with Gasteiger partial charge in [-0.05, 0) is 37.1 Å². The highest BCUT2D eigenvalue weighted by atomic mass is 16.5. The summed E-state index contributed by atoms with van der Waals surface area (Å²) in [4.78, 5) is 18.6. The quantitative estimate of drug-likeness (QED) is 0.755. The number of benzene rings is 1. The van der Waals surface area contributed by atoms with Crippen LogP contribution in [0.15, 0.2) is 36.9 Å². The maximum atomic E-state index is 12.7. The summed E-state index contributed by atoms with van der Waals surface area (Å²) in [6, 6.07) is 7.46. The number of methoxy groups -OCH3 is 1. The third kappa shape index (κ3) is 3.91. The molecule has 0 bridgehead atoms. The molecule has 1 aromatic heterocycles. The second-order valence-electron chi connectivity index (χ2n) is 5.79. The molecule has 0 spiro atoms. The Morgan fingerprint density at radius 1 is 1.29 bits per heavy atom. The molecule has 1 fully saturated rings. The Kier molecular flexibility index (Phi) is 5.43. The van der Waals surface area contributed by atoms with Crippen LogP contribution in [0.25, 0.3) is 0 Å². The van der Waals surface area contributed by atoms with Crippen LogP contribution in [0, 0.1) is 0 Å². The fourth-order valence-electron chi connectivity index (χ4n) is 2.88. The summed E-state index contributed by atoms with van der Waals surface area (Å²) in [5, 5.41) is 4.19. The number of aromatic nitrogens is 3. The van der Waals surface area contributed by atoms with E-state index in [4.69, 9.17) is 9.47 Å². The Balaban J connectivity index is 1.61. The molecule has 0 N–H and O–H groups in total. The zero-order chi connectivity index (χ0) is 16.8. The summed E-state index contributed by atoms with van der Waals surface area (Å²) < 4.78 is 12.3. The Morgan fingerprint density at radius 3 is 2.83 bits per heavy atom. The molecule has 1 aromatic carbocycles. The number of amides is 1. The molecular formula is C17H22N4O3. The molecule has 3 rings (SSSR count). The van der Waals surface area contributed by atoms with Gasteiger partial charge in [0.1, 0.15) is 25.0 Å². The minimum Gasteiger partial charge on any atom is -0.491 e. The first-order valence-electron chi connectivity index (χ1n) is 8.13. The Labute approximate surface area is 141 Å². The van der Waals surface area contributed by atoms with Gasteiger partial charge in [0.05, 0.1) is 12.6 Å². The molecule has 0 radical (unpaired) electrons. The molecule has 7 heteroatoms. The molecule has 2 aromatic rings. The molecule has 1 aliphatic rings. The number of ether oxygens (including phenoxy) is 2. The van der Waals surface area contributed by atoms with Crippen LogP contribution in [0.4, 0.5) is 0 Å². The first-order valence-corrected chi connectivity index (χ1v) is 8.13. The number of carbonyl (C=O) groups excluding carboxylic acids is 1. The summed E-state index contributed by atoms with van der Waals surface area (Å²) in [6.45, 7) is 2.47. The first-order chi connectivity index (χ1) is 11.8. The molecule has 128 valence electrons. The Morgan fingerprint density at radius 2 is 2.12 bits per heavy atom. The van der Waals surface area contributed by atoms with Crippen LogP contribution in [0.3, 0.4) is 0 Å². The van der Waals surface area contributed by atoms with Crippen LogP contribution >= 0.6 is 0 Å².